The van der Waals surface area contributed by atoms with E-state index in [9.17, 15) is 5.11 Å². The van der Waals surface area contributed by atoms with Gasteiger partial charge in [-0.25, -0.2) is 0 Å². The van der Waals surface area contributed by atoms with Crippen molar-refractivity contribution in [3.63, 3.8) is 0 Å². The third-order valence-electron chi connectivity index (χ3n) is 4.28. The molecule has 2 nitrogen and oxygen atoms in total. The van der Waals surface area contributed by atoms with Gasteiger partial charge in [0, 0.05) is 6.04 Å². The van der Waals surface area contributed by atoms with E-state index in [4.69, 9.17) is 0 Å². The lowest BCUT2D eigenvalue weighted by atomic mass is 9.98. The predicted octanol–water partition coefficient (Wildman–Crippen LogP) is 3.65. The summed E-state index contributed by atoms with van der Waals surface area (Å²) in [6.45, 7) is 4.43. The smallest absolute Gasteiger partial charge is 0.0626 e. The molecule has 19 heavy (non-hydrogen) atoms. The molecule has 1 aromatic rings. The molecule has 1 aliphatic rings. The third kappa shape index (κ3) is 4.05. The first kappa shape index (κ1) is 14.5. The summed E-state index contributed by atoms with van der Waals surface area (Å²) in [6, 6.07) is 7.16. The quantitative estimate of drug-likeness (QED) is 0.811. The minimum absolute atomic E-state index is 0.0868. The zero-order valence-electron chi connectivity index (χ0n) is 12.3. The van der Waals surface area contributed by atoms with Gasteiger partial charge in [-0.1, -0.05) is 49.4 Å². The lowest BCUT2D eigenvalue weighted by Gasteiger charge is -2.25. The third-order valence-corrected chi connectivity index (χ3v) is 4.28. The standard InChI is InChI=1S/C17H27NO/c1-13-9-10-16(14(2)11-13)17(12-19)18-15-7-5-3-4-6-8-15/h9-11,15,17-19H,3-8,12H2,1-2H3. The summed E-state index contributed by atoms with van der Waals surface area (Å²) in [5, 5.41) is 13.4. The number of rotatable bonds is 4. The Morgan fingerprint density at radius 2 is 1.84 bits per heavy atom. The summed E-state index contributed by atoms with van der Waals surface area (Å²) in [5.74, 6) is 0. The maximum atomic E-state index is 9.71. The van der Waals surface area contributed by atoms with E-state index in [0.29, 0.717) is 6.04 Å². The van der Waals surface area contributed by atoms with Crippen molar-refractivity contribution in [2.24, 2.45) is 0 Å². The molecule has 1 aliphatic carbocycles. The average molecular weight is 261 g/mol. The van der Waals surface area contributed by atoms with Crippen molar-refractivity contribution in [2.45, 2.75) is 64.5 Å². The number of aliphatic hydroxyl groups excluding tert-OH is 1. The highest BCUT2D eigenvalue weighted by molar-refractivity contribution is 5.33. The van der Waals surface area contributed by atoms with Crippen LogP contribution >= 0.6 is 0 Å². The highest BCUT2D eigenvalue weighted by atomic mass is 16.3. The molecule has 1 aromatic carbocycles. The van der Waals surface area contributed by atoms with E-state index < -0.39 is 0 Å². The zero-order valence-corrected chi connectivity index (χ0v) is 12.3. The van der Waals surface area contributed by atoms with Crippen LogP contribution in [0.4, 0.5) is 0 Å². The molecule has 2 N–H and O–H groups in total. The van der Waals surface area contributed by atoms with Crippen LogP contribution in [0.5, 0.6) is 0 Å². The number of benzene rings is 1. The highest BCUT2D eigenvalue weighted by Gasteiger charge is 2.19. The second kappa shape index (κ2) is 7.06. The monoisotopic (exact) mass is 261 g/mol. The Hall–Kier alpha value is -0.860. The van der Waals surface area contributed by atoms with E-state index in [1.54, 1.807) is 0 Å². The van der Waals surface area contributed by atoms with Gasteiger partial charge in [-0.2, -0.15) is 0 Å². The van der Waals surface area contributed by atoms with Gasteiger partial charge in [0.25, 0.3) is 0 Å². The maximum absolute atomic E-state index is 9.71. The molecule has 0 saturated heterocycles. The van der Waals surface area contributed by atoms with Gasteiger partial charge in [0.1, 0.15) is 0 Å². The van der Waals surface area contributed by atoms with E-state index in [-0.39, 0.29) is 12.6 Å². The summed E-state index contributed by atoms with van der Waals surface area (Å²) in [6.07, 6.45) is 7.88. The fraction of sp³-hybridized carbons (Fsp3) is 0.647. The normalized spacial score (nSPS) is 19.1. The van der Waals surface area contributed by atoms with Crippen molar-refractivity contribution in [1.29, 1.82) is 0 Å². The first-order chi connectivity index (χ1) is 9.20. The summed E-state index contributed by atoms with van der Waals surface area (Å²) < 4.78 is 0. The number of aliphatic hydroxyl groups is 1. The SMILES string of the molecule is Cc1ccc(C(CO)NC2CCCCCC2)c(C)c1. The van der Waals surface area contributed by atoms with Crippen molar-refractivity contribution in [2.75, 3.05) is 6.61 Å². The Balaban J connectivity index is 2.06. The highest BCUT2D eigenvalue weighted by Crippen LogP contribution is 2.23. The molecule has 0 aliphatic heterocycles. The Kier molecular flexibility index (Phi) is 5.41. The maximum Gasteiger partial charge on any atom is 0.0626 e. The molecule has 1 atom stereocenters. The zero-order chi connectivity index (χ0) is 13.7. The first-order valence-corrected chi connectivity index (χ1v) is 7.65. The second-order valence-electron chi connectivity index (χ2n) is 5.95. The van der Waals surface area contributed by atoms with Crippen LogP contribution in [0.25, 0.3) is 0 Å². The van der Waals surface area contributed by atoms with E-state index in [1.807, 2.05) is 0 Å². The van der Waals surface area contributed by atoms with Crippen LogP contribution in [0.1, 0.15) is 61.3 Å². The molecule has 0 amide bonds. The topological polar surface area (TPSA) is 32.3 Å². The molecule has 1 saturated carbocycles. The lowest BCUT2D eigenvalue weighted by Crippen LogP contribution is -2.34. The number of nitrogens with one attached hydrogen (secondary N) is 1. The molecule has 0 radical (unpaired) electrons. The van der Waals surface area contributed by atoms with Crippen molar-refractivity contribution in [3.8, 4) is 0 Å². The van der Waals surface area contributed by atoms with Gasteiger partial charge < -0.3 is 10.4 Å². The molecule has 0 spiro atoms. The average Bonchev–Trinajstić information content (AvgIpc) is 2.65. The van der Waals surface area contributed by atoms with Crippen LogP contribution in [-0.4, -0.2) is 17.8 Å². The first-order valence-electron chi connectivity index (χ1n) is 7.65. The van der Waals surface area contributed by atoms with Crippen LogP contribution < -0.4 is 5.32 Å². The van der Waals surface area contributed by atoms with Crippen LogP contribution in [0, 0.1) is 13.8 Å². The summed E-state index contributed by atoms with van der Waals surface area (Å²) in [5.41, 5.74) is 3.81. The Morgan fingerprint density at radius 1 is 1.16 bits per heavy atom. The molecule has 1 fully saturated rings. The van der Waals surface area contributed by atoms with Gasteiger partial charge in [-0.3, -0.25) is 0 Å². The summed E-state index contributed by atoms with van der Waals surface area (Å²) >= 11 is 0. The summed E-state index contributed by atoms with van der Waals surface area (Å²) in [7, 11) is 0. The van der Waals surface area contributed by atoms with E-state index >= 15 is 0 Å². The van der Waals surface area contributed by atoms with Gasteiger partial charge in [0.15, 0.2) is 0 Å². The van der Waals surface area contributed by atoms with Gasteiger partial charge >= 0.3 is 0 Å². The minimum Gasteiger partial charge on any atom is -0.394 e. The largest absolute Gasteiger partial charge is 0.394 e. The molecule has 106 valence electrons. The Bertz CT molecular complexity index is 394. The van der Waals surface area contributed by atoms with Gasteiger partial charge in [0.05, 0.1) is 12.6 Å². The molecular formula is C17H27NO. The fourth-order valence-corrected chi connectivity index (χ4v) is 3.19. The van der Waals surface area contributed by atoms with Gasteiger partial charge in [-0.05, 0) is 37.8 Å². The van der Waals surface area contributed by atoms with E-state index in [1.165, 1.54) is 55.2 Å². The predicted molar refractivity (Wildman–Crippen MR) is 80.4 cm³/mol. The van der Waals surface area contributed by atoms with Gasteiger partial charge in [-0.15, -0.1) is 0 Å². The molecule has 0 heterocycles. The van der Waals surface area contributed by atoms with Crippen molar-refractivity contribution >= 4 is 0 Å². The van der Waals surface area contributed by atoms with E-state index in [0.717, 1.165) is 0 Å². The number of hydrogen-bond donors (Lipinski definition) is 2. The molecule has 0 aromatic heterocycles. The fourth-order valence-electron chi connectivity index (χ4n) is 3.19. The molecule has 2 rings (SSSR count). The molecule has 2 heteroatoms. The Morgan fingerprint density at radius 3 is 2.42 bits per heavy atom. The van der Waals surface area contributed by atoms with Crippen molar-refractivity contribution in [3.05, 3.63) is 34.9 Å². The Labute approximate surface area is 117 Å². The summed E-state index contributed by atoms with van der Waals surface area (Å²) in [4.78, 5) is 0. The number of aryl methyl sites for hydroxylation is 2. The molecule has 0 bridgehead atoms. The van der Waals surface area contributed by atoms with Crippen molar-refractivity contribution in [1.82, 2.24) is 5.32 Å². The molecular weight excluding hydrogens is 234 g/mol. The van der Waals surface area contributed by atoms with Gasteiger partial charge in [0.2, 0.25) is 0 Å². The molecule has 1 unspecified atom stereocenters. The van der Waals surface area contributed by atoms with Crippen LogP contribution in [0.3, 0.4) is 0 Å². The second-order valence-corrected chi connectivity index (χ2v) is 5.95. The van der Waals surface area contributed by atoms with E-state index in [2.05, 4.69) is 37.4 Å². The van der Waals surface area contributed by atoms with Crippen LogP contribution in [-0.2, 0) is 0 Å². The van der Waals surface area contributed by atoms with Crippen molar-refractivity contribution < 1.29 is 5.11 Å². The van der Waals surface area contributed by atoms with Crippen LogP contribution in [0.15, 0.2) is 18.2 Å². The minimum atomic E-state index is 0.0868. The lowest BCUT2D eigenvalue weighted by molar-refractivity contribution is 0.228. The number of hydrogen-bond acceptors (Lipinski definition) is 2. The van der Waals surface area contributed by atoms with Crippen LogP contribution in [0.2, 0.25) is 0 Å².